The summed E-state index contributed by atoms with van der Waals surface area (Å²) in [7, 11) is -3.66. The lowest BCUT2D eigenvalue weighted by Crippen LogP contribution is -2.50. The molecule has 0 aliphatic heterocycles. The molecule has 1 N–H and O–H groups in total. The van der Waals surface area contributed by atoms with Crippen LogP contribution in [0.25, 0.3) is 0 Å². The summed E-state index contributed by atoms with van der Waals surface area (Å²) >= 11 is 18.8. The number of nitrogens with one attached hydrogen (secondary N) is 1. The first-order chi connectivity index (χ1) is 19.4. The molecule has 0 aromatic heterocycles. The number of anilines is 1. The van der Waals surface area contributed by atoms with E-state index in [1.807, 2.05) is 37.3 Å². The molecular weight excluding hydrogens is 605 g/mol. The van der Waals surface area contributed by atoms with Gasteiger partial charge in [-0.1, -0.05) is 77.3 Å². The Labute approximate surface area is 257 Å². The molecule has 0 heterocycles. The van der Waals surface area contributed by atoms with Gasteiger partial charge in [0.05, 0.1) is 11.9 Å². The average Bonchev–Trinajstić information content (AvgIpc) is 2.91. The van der Waals surface area contributed by atoms with Crippen molar-refractivity contribution < 1.29 is 18.0 Å². The maximum Gasteiger partial charge on any atom is 0.243 e. The SMILES string of the molecule is CCNC(=O)[C@H](Cc1ccccc1)N(Cc1ccc(Cl)cc1Cl)C(=O)CCCN(c1cccc(Cl)c1C)S(C)(=O)=O. The van der Waals surface area contributed by atoms with Crippen LogP contribution >= 0.6 is 34.8 Å². The Morgan fingerprint density at radius 1 is 0.951 bits per heavy atom. The Hall–Kier alpha value is -2.78. The Morgan fingerprint density at radius 3 is 2.29 bits per heavy atom. The van der Waals surface area contributed by atoms with Crippen LogP contribution in [0.1, 0.15) is 36.5 Å². The number of rotatable bonds is 13. The number of hydrogen-bond donors (Lipinski definition) is 1. The topological polar surface area (TPSA) is 86.8 Å². The standard InChI is InChI=1S/C30H34Cl3N3O4S/c1-4-34-30(38)28(18-22-10-6-5-7-11-22)35(20-23-15-16-24(31)19-26(23)33)29(37)14-9-17-36(41(3,39)40)27-13-8-12-25(32)21(27)2/h5-8,10-13,15-16,19,28H,4,9,14,17-18,20H2,1-3H3,(H,34,38)/t28-/m0/s1. The van der Waals surface area contributed by atoms with Crippen LogP contribution in [0, 0.1) is 6.92 Å². The fourth-order valence-corrected chi connectivity index (χ4v) is 6.18. The zero-order valence-electron chi connectivity index (χ0n) is 23.2. The molecule has 0 radical (unpaired) electrons. The lowest BCUT2D eigenvalue weighted by molar-refractivity contribution is -0.141. The lowest BCUT2D eigenvalue weighted by Gasteiger charge is -2.32. The second-order valence-electron chi connectivity index (χ2n) is 9.68. The summed E-state index contributed by atoms with van der Waals surface area (Å²) in [6.45, 7) is 4.10. The third kappa shape index (κ3) is 9.10. The van der Waals surface area contributed by atoms with E-state index in [1.165, 1.54) is 9.21 Å². The van der Waals surface area contributed by atoms with Crippen LogP contribution < -0.4 is 9.62 Å². The molecule has 1 atom stereocenters. The van der Waals surface area contributed by atoms with Crippen molar-refractivity contribution in [3.05, 3.63) is 98.5 Å². The minimum atomic E-state index is -3.66. The van der Waals surface area contributed by atoms with Gasteiger partial charge in [0.25, 0.3) is 0 Å². The number of benzene rings is 3. The van der Waals surface area contributed by atoms with Crippen LogP contribution in [-0.2, 0) is 32.6 Å². The lowest BCUT2D eigenvalue weighted by atomic mass is 10.0. The minimum absolute atomic E-state index is 0.00152. The zero-order valence-corrected chi connectivity index (χ0v) is 26.3. The molecule has 0 spiro atoms. The molecule has 2 amide bonds. The Kier molecular flexibility index (Phi) is 11.9. The van der Waals surface area contributed by atoms with Gasteiger partial charge in [0.1, 0.15) is 6.04 Å². The molecule has 0 saturated heterocycles. The maximum absolute atomic E-state index is 13.8. The van der Waals surface area contributed by atoms with Crippen molar-refractivity contribution in [2.45, 2.75) is 45.7 Å². The zero-order chi connectivity index (χ0) is 30.2. The first-order valence-corrected chi connectivity index (χ1v) is 16.2. The molecule has 3 aromatic carbocycles. The highest BCUT2D eigenvalue weighted by Crippen LogP contribution is 2.29. The highest BCUT2D eigenvalue weighted by molar-refractivity contribution is 7.92. The van der Waals surface area contributed by atoms with Crippen LogP contribution in [0.2, 0.25) is 15.1 Å². The fourth-order valence-electron chi connectivity index (χ4n) is 4.53. The summed E-state index contributed by atoms with van der Waals surface area (Å²) < 4.78 is 26.6. The van der Waals surface area contributed by atoms with Crippen LogP contribution in [-0.4, -0.2) is 50.5 Å². The van der Waals surface area contributed by atoms with E-state index >= 15 is 0 Å². The minimum Gasteiger partial charge on any atom is -0.355 e. The number of likely N-dealkylation sites (N-methyl/N-ethyl adjacent to an activating group) is 1. The van der Waals surface area contributed by atoms with Crippen molar-refractivity contribution in [3.63, 3.8) is 0 Å². The van der Waals surface area contributed by atoms with Crippen molar-refractivity contribution in [1.82, 2.24) is 10.2 Å². The maximum atomic E-state index is 13.8. The van der Waals surface area contributed by atoms with Crippen molar-refractivity contribution >= 4 is 62.3 Å². The number of carbonyl (C=O) groups excluding carboxylic acids is 2. The molecule has 220 valence electrons. The van der Waals surface area contributed by atoms with Gasteiger partial charge < -0.3 is 10.2 Å². The molecule has 3 aromatic rings. The van der Waals surface area contributed by atoms with Gasteiger partial charge in [-0.25, -0.2) is 8.42 Å². The average molecular weight is 639 g/mol. The van der Waals surface area contributed by atoms with Gasteiger partial charge in [-0.15, -0.1) is 0 Å². The van der Waals surface area contributed by atoms with Crippen LogP contribution in [0.15, 0.2) is 66.7 Å². The molecule has 0 aliphatic carbocycles. The molecule has 0 fully saturated rings. The van der Waals surface area contributed by atoms with E-state index in [1.54, 1.807) is 43.3 Å². The quantitative estimate of drug-likeness (QED) is 0.239. The van der Waals surface area contributed by atoms with Crippen molar-refractivity contribution in [2.24, 2.45) is 0 Å². The van der Waals surface area contributed by atoms with Gasteiger partial charge in [0.15, 0.2) is 0 Å². The van der Waals surface area contributed by atoms with Gasteiger partial charge in [-0.3, -0.25) is 13.9 Å². The predicted molar refractivity (Wildman–Crippen MR) is 167 cm³/mol. The molecule has 11 heteroatoms. The molecule has 0 saturated carbocycles. The summed E-state index contributed by atoms with van der Waals surface area (Å²) in [6, 6.07) is 18.7. The first kappa shape index (κ1) is 32.7. The van der Waals surface area contributed by atoms with E-state index in [2.05, 4.69) is 5.32 Å². The summed E-state index contributed by atoms with van der Waals surface area (Å²) in [5.74, 6) is -0.596. The van der Waals surface area contributed by atoms with Crippen LogP contribution in [0.3, 0.4) is 0 Å². The monoisotopic (exact) mass is 637 g/mol. The molecule has 3 rings (SSSR count). The van der Waals surface area contributed by atoms with E-state index in [9.17, 15) is 18.0 Å². The van der Waals surface area contributed by atoms with Gasteiger partial charge >= 0.3 is 0 Å². The van der Waals surface area contributed by atoms with E-state index < -0.39 is 16.1 Å². The van der Waals surface area contributed by atoms with Gasteiger partial charge in [0, 0.05) is 47.5 Å². The molecule has 41 heavy (non-hydrogen) atoms. The molecule has 0 bridgehead atoms. The van der Waals surface area contributed by atoms with E-state index in [-0.39, 0.29) is 37.7 Å². The van der Waals surface area contributed by atoms with Gasteiger partial charge in [-0.2, -0.15) is 0 Å². The molecular formula is C30H34Cl3N3O4S. The summed E-state index contributed by atoms with van der Waals surface area (Å²) in [5.41, 5.74) is 2.62. The normalized spacial score (nSPS) is 12.0. The Morgan fingerprint density at radius 2 is 1.66 bits per heavy atom. The third-order valence-corrected chi connectivity index (χ3v) is 8.81. The number of halogens is 3. The smallest absolute Gasteiger partial charge is 0.243 e. The largest absolute Gasteiger partial charge is 0.355 e. The van der Waals surface area contributed by atoms with E-state index in [0.29, 0.717) is 44.8 Å². The third-order valence-electron chi connectivity index (χ3n) is 6.64. The second-order valence-corrected chi connectivity index (χ2v) is 12.8. The number of carbonyl (C=O) groups is 2. The fraction of sp³-hybridized carbons (Fsp3) is 0.333. The van der Waals surface area contributed by atoms with Crippen molar-refractivity contribution in [1.29, 1.82) is 0 Å². The highest BCUT2D eigenvalue weighted by atomic mass is 35.5. The Balaban J connectivity index is 1.91. The van der Waals surface area contributed by atoms with Gasteiger partial charge in [-0.05, 0) is 61.2 Å². The second kappa shape index (κ2) is 14.9. The number of sulfonamides is 1. The van der Waals surface area contributed by atoms with Crippen molar-refractivity contribution in [3.8, 4) is 0 Å². The van der Waals surface area contributed by atoms with E-state index in [0.717, 1.165) is 11.8 Å². The van der Waals surface area contributed by atoms with Crippen LogP contribution in [0.5, 0.6) is 0 Å². The number of hydrogen-bond acceptors (Lipinski definition) is 4. The first-order valence-electron chi connectivity index (χ1n) is 13.2. The highest BCUT2D eigenvalue weighted by Gasteiger charge is 2.31. The molecule has 7 nitrogen and oxygen atoms in total. The van der Waals surface area contributed by atoms with Crippen molar-refractivity contribution in [2.75, 3.05) is 23.7 Å². The summed E-state index contributed by atoms with van der Waals surface area (Å²) in [6.07, 6.45) is 1.63. The Bertz CT molecular complexity index is 1470. The molecule has 0 unspecified atom stereocenters. The summed E-state index contributed by atoms with van der Waals surface area (Å²) in [5, 5.41) is 4.13. The summed E-state index contributed by atoms with van der Waals surface area (Å²) in [4.78, 5) is 28.7. The van der Waals surface area contributed by atoms with Gasteiger partial charge in [0.2, 0.25) is 21.8 Å². The van der Waals surface area contributed by atoms with E-state index in [4.69, 9.17) is 34.8 Å². The number of nitrogens with zero attached hydrogens (tertiary/aromatic N) is 2. The molecule has 0 aliphatic rings. The predicted octanol–water partition coefficient (Wildman–Crippen LogP) is 6.28. The van der Waals surface area contributed by atoms with Crippen LogP contribution in [0.4, 0.5) is 5.69 Å². The number of amides is 2.